The Kier molecular flexibility index (Phi) is 7.15. The van der Waals surface area contributed by atoms with Crippen LogP contribution in [0.5, 0.6) is 0 Å². The summed E-state index contributed by atoms with van der Waals surface area (Å²) in [6.45, 7) is 8.80. The number of unbranched alkanes of at least 4 members (excludes halogenated alkanes) is 5. The highest BCUT2D eigenvalue weighted by Crippen LogP contribution is 2.25. The molecule has 0 amide bonds. The Bertz CT molecular complexity index is 358. The lowest BCUT2D eigenvalue weighted by molar-refractivity contribution is 0.545. The number of rotatable bonds is 8. The van der Waals surface area contributed by atoms with Crippen LogP contribution < -0.4 is 5.73 Å². The highest BCUT2D eigenvalue weighted by Gasteiger charge is 2.11. The molecule has 19 heavy (non-hydrogen) atoms. The minimum absolute atomic E-state index is 0.215. The fourth-order valence-corrected chi connectivity index (χ4v) is 3.06. The molecule has 1 unspecified atom stereocenters. The molecule has 1 aromatic carbocycles. The lowest BCUT2D eigenvalue weighted by Gasteiger charge is -2.18. The van der Waals surface area contributed by atoms with E-state index in [1.54, 1.807) is 0 Å². The molecule has 108 valence electrons. The Morgan fingerprint density at radius 2 is 1.42 bits per heavy atom. The molecule has 1 nitrogen and oxygen atoms in total. The predicted molar refractivity (Wildman–Crippen MR) is 85.6 cm³/mol. The first-order valence-corrected chi connectivity index (χ1v) is 7.89. The highest BCUT2D eigenvalue weighted by atomic mass is 14.6. The molecule has 0 saturated carbocycles. The first kappa shape index (κ1) is 16.2. The number of hydrogen-bond donors (Lipinski definition) is 1. The summed E-state index contributed by atoms with van der Waals surface area (Å²) in [5, 5.41) is 0. The Balaban J connectivity index is 2.43. The maximum Gasteiger partial charge on any atom is 0.0300 e. The van der Waals surface area contributed by atoms with Crippen LogP contribution in [-0.2, 0) is 0 Å². The molecule has 1 aromatic rings. The highest BCUT2D eigenvalue weighted by molar-refractivity contribution is 5.39. The summed E-state index contributed by atoms with van der Waals surface area (Å²) < 4.78 is 0. The van der Waals surface area contributed by atoms with E-state index in [0.717, 1.165) is 6.42 Å². The van der Waals surface area contributed by atoms with Crippen molar-refractivity contribution in [3.05, 3.63) is 34.4 Å². The summed E-state index contributed by atoms with van der Waals surface area (Å²) in [6.07, 6.45) is 9.16. The summed E-state index contributed by atoms with van der Waals surface area (Å²) in [6, 6.07) is 4.72. The molecule has 1 rings (SSSR count). The molecule has 0 aliphatic carbocycles. The van der Waals surface area contributed by atoms with Gasteiger partial charge in [-0.3, -0.25) is 0 Å². The molecule has 0 radical (unpaired) electrons. The second-order valence-corrected chi connectivity index (χ2v) is 5.98. The van der Waals surface area contributed by atoms with Crippen molar-refractivity contribution in [1.82, 2.24) is 0 Å². The second-order valence-electron chi connectivity index (χ2n) is 5.98. The van der Waals surface area contributed by atoms with Crippen molar-refractivity contribution in [2.24, 2.45) is 5.73 Å². The number of hydrogen-bond acceptors (Lipinski definition) is 1. The van der Waals surface area contributed by atoms with Gasteiger partial charge in [0.1, 0.15) is 0 Å². The zero-order valence-corrected chi connectivity index (χ0v) is 13.3. The van der Waals surface area contributed by atoms with Gasteiger partial charge in [-0.15, -0.1) is 0 Å². The predicted octanol–water partition coefficient (Wildman–Crippen LogP) is 5.36. The average Bonchev–Trinajstić information content (AvgIpc) is 2.32. The molecule has 0 spiro atoms. The van der Waals surface area contributed by atoms with Gasteiger partial charge in [0.2, 0.25) is 0 Å². The third-order valence-electron chi connectivity index (χ3n) is 3.98. The van der Waals surface area contributed by atoms with E-state index < -0.39 is 0 Å². The molecule has 1 atom stereocenters. The largest absolute Gasteiger partial charge is 0.324 e. The fraction of sp³-hybridized carbons (Fsp3) is 0.667. The van der Waals surface area contributed by atoms with Gasteiger partial charge < -0.3 is 5.73 Å². The molecule has 1 heteroatoms. The van der Waals surface area contributed by atoms with E-state index in [9.17, 15) is 0 Å². The summed E-state index contributed by atoms with van der Waals surface area (Å²) in [5.41, 5.74) is 11.8. The first-order chi connectivity index (χ1) is 9.06. The van der Waals surface area contributed by atoms with Crippen molar-refractivity contribution < 1.29 is 0 Å². The van der Waals surface area contributed by atoms with Gasteiger partial charge in [0.05, 0.1) is 0 Å². The topological polar surface area (TPSA) is 26.0 Å². The van der Waals surface area contributed by atoms with E-state index in [1.807, 2.05) is 0 Å². The van der Waals surface area contributed by atoms with E-state index in [-0.39, 0.29) is 6.04 Å². The van der Waals surface area contributed by atoms with Crippen LogP contribution in [-0.4, -0.2) is 0 Å². The Morgan fingerprint density at radius 1 is 0.895 bits per heavy atom. The molecule has 0 fully saturated rings. The number of benzene rings is 1. The average molecular weight is 261 g/mol. The van der Waals surface area contributed by atoms with Gasteiger partial charge in [0.25, 0.3) is 0 Å². The molecular formula is C18H31N. The van der Waals surface area contributed by atoms with Gasteiger partial charge in [-0.1, -0.05) is 63.1 Å². The molecule has 0 saturated heterocycles. The van der Waals surface area contributed by atoms with E-state index >= 15 is 0 Å². The van der Waals surface area contributed by atoms with E-state index in [4.69, 9.17) is 5.73 Å². The summed E-state index contributed by atoms with van der Waals surface area (Å²) >= 11 is 0. The van der Waals surface area contributed by atoms with Crippen LogP contribution in [0, 0.1) is 20.8 Å². The number of nitrogens with two attached hydrogens (primary N) is 1. The van der Waals surface area contributed by atoms with Crippen molar-refractivity contribution in [1.29, 1.82) is 0 Å². The molecular weight excluding hydrogens is 230 g/mol. The summed E-state index contributed by atoms with van der Waals surface area (Å²) in [5.74, 6) is 0. The van der Waals surface area contributed by atoms with Crippen LogP contribution in [0.25, 0.3) is 0 Å². The maximum atomic E-state index is 6.39. The molecule has 0 bridgehead atoms. The monoisotopic (exact) mass is 261 g/mol. The van der Waals surface area contributed by atoms with Crippen molar-refractivity contribution in [2.45, 2.75) is 78.7 Å². The number of aryl methyl sites for hydroxylation is 3. The van der Waals surface area contributed by atoms with Crippen molar-refractivity contribution in [2.75, 3.05) is 0 Å². The van der Waals surface area contributed by atoms with Crippen LogP contribution in [0.4, 0.5) is 0 Å². The van der Waals surface area contributed by atoms with Crippen LogP contribution in [0.1, 0.15) is 80.2 Å². The van der Waals surface area contributed by atoms with Gasteiger partial charge in [-0.2, -0.15) is 0 Å². The summed E-state index contributed by atoms with van der Waals surface area (Å²) in [4.78, 5) is 0. The van der Waals surface area contributed by atoms with E-state index in [2.05, 4.69) is 39.8 Å². The minimum Gasteiger partial charge on any atom is -0.324 e. The summed E-state index contributed by atoms with van der Waals surface area (Å²) in [7, 11) is 0. The fourth-order valence-electron chi connectivity index (χ4n) is 3.06. The Labute approximate surface area is 119 Å². The Morgan fingerprint density at radius 3 is 2.00 bits per heavy atom. The van der Waals surface area contributed by atoms with Crippen LogP contribution >= 0.6 is 0 Å². The quantitative estimate of drug-likeness (QED) is 0.626. The second kappa shape index (κ2) is 8.37. The van der Waals surface area contributed by atoms with Gasteiger partial charge in [0, 0.05) is 6.04 Å². The lowest BCUT2D eigenvalue weighted by atomic mass is 9.91. The minimum atomic E-state index is 0.215. The molecule has 0 heterocycles. The van der Waals surface area contributed by atoms with Crippen molar-refractivity contribution in [3.8, 4) is 0 Å². The maximum absolute atomic E-state index is 6.39. The van der Waals surface area contributed by atoms with Crippen LogP contribution in [0.15, 0.2) is 12.1 Å². The van der Waals surface area contributed by atoms with Crippen molar-refractivity contribution in [3.63, 3.8) is 0 Å². The van der Waals surface area contributed by atoms with E-state index in [1.165, 1.54) is 60.8 Å². The third kappa shape index (κ3) is 5.36. The van der Waals surface area contributed by atoms with Crippen LogP contribution in [0.2, 0.25) is 0 Å². The lowest BCUT2D eigenvalue weighted by Crippen LogP contribution is -2.13. The first-order valence-electron chi connectivity index (χ1n) is 7.89. The zero-order valence-electron chi connectivity index (χ0n) is 13.3. The molecule has 0 aliphatic rings. The molecule has 2 N–H and O–H groups in total. The standard InChI is InChI=1S/C18H31N/c1-5-6-7-8-9-10-11-17(19)18-15(3)12-14(2)13-16(18)4/h12-13,17H,5-11,19H2,1-4H3. The third-order valence-corrected chi connectivity index (χ3v) is 3.98. The van der Waals surface area contributed by atoms with Gasteiger partial charge in [0.15, 0.2) is 0 Å². The zero-order chi connectivity index (χ0) is 14.3. The van der Waals surface area contributed by atoms with Crippen LogP contribution in [0.3, 0.4) is 0 Å². The molecule has 0 aliphatic heterocycles. The van der Waals surface area contributed by atoms with Gasteiger partial charge in [-0.25, -0.2) is 0 Å². The van der Waals surface area contributed by atoms with Crippen molar-refractivity contribution >= 4 is 0 Å². The SMILES string of the molecule is CCCCCCCCC(N)c1c(C)cc(C)cc1C. The molecule has 0 aromatic heterocycles. The van der Waals surface area contributed by atoms with Gasteiger partial charge in [-0.05, 0) is 43.9 Å². The smallest absolute Gasteiger partial charge is 0.0300 e. The van der Waals surface area contributed by atoms with Gasteiger partial charge >= 0.3 is 0 Å². The normalized spacial score (nSPS) is 12.7. The Hall–Kier alpha value is -0.820. The van der Waals surface area contributed by atoms with E-state index in [0.29, 0.717) is 0 Å².